The summed E-state index contributed by atoms with van der Waals surface area (Å²) >= 11 is 1.27. The van der Waals surface area contributed by atoms with Crippen molar-refractivity contribution in [1.29, 1.82) is 0 Å². The Labute approximate surface area is 182 Å². The second-order valence-corrected chi connectivity index (χ2v) is 8.34. The van der Waals surface area contributed by atoms with Gasteiger partial charge in [0, 0.05) is 24.6 Å². The molecule has 1 N–H and O–H groups in total. The zero-order valence-electron chi connectivity index (χ0n) is 16.7. The van der Waals surface area contributed by atoms with Crippen molar-refractivity contribution in [2.24, 2.45) is 4.99 Å². The third-order valence-electron chi connectivity index (χ3n) is 4.90. The number of amides is 2. The van der Waals surface area contributed by atoms with Gasteiger partial charge in [0.2, 0.25) is 11.8 Å². The topological polar surface area (TPSA) is 114 Å². The highest BCUT2D eigenvalue weighted by Gasteiger charge is 2.46. The third-order valence-corrected chi connectivity index (χ3v) is 6.05. The van der Waals surface area contributed by atoms with Crippen LogP contribution in [0.4, 0.5) is 17.1 Å². The zero-order chi connectivity index (χ0) is 22.0. The number of nitro benzene ring substituents is 1. The predicted molar refractivity (Wildman–Crippen MR) is 118 cm³/mol. The van der Waals surface area contributed by atoms with Gasteiger partial charge in [0.1, 0.15) is 11.0 Å². The molecule has 0 radical (unpaired) electrons. The Balaban J connectivity index is 1.50. The molecule has 1 atom stereocenters. The number of anilines is 1. The van der Waals surface area contributed by atoms with E-state index in [1.807, 2.05) is 30.3 Å². The lowest BCUT2D eigenvalue weighted by molar-refractivity contribution is -0.384. The van der Waals surface area contributed by atoms with Crippen molar-refractivity contribution in [1.82, 2.24) is 4.90 Å². The lowest BCUT2D eigenvalue weighted by Crippen LogP contribution is -2.35. The van der Waals surface area contributed by atoms with Gasteiger partial charge in [-0.1, -0.05) is 30.0 Å². The van der Waals surface area contributed by atoms with Crippen LogP contribution in [0.3, 0.4) is 0 Å². The minimum Gasteiger partial charge on any atom is -0.495 e. The largest absolute Gasteiger partial charge is 0.495 e. The molecule has 1 saturated carbocycles. The van der Waals surface area contributed by atoms with E-state index < -0.39 is 16.1 Å². The normalized spacial score (nSPS) is 19.5. The number of aliphatic imine (C=N–C) groups is 1. The van der Waals surface area contributed by atoms with Gasteiger partial charge in [0.05, 0.1) is 23.4 Å². The minimum atomic E-state index is -0.604. The molecule has 4 rings (SSSR count). The first-order chi connectivity index (χ1) is 15.0. The number of thioether (sulfide) groups is 1. The van der Waals surface area contributed by atoms with Crippen LogP contribution in [-0.2, 0) is 9.59 Å². The summed E-state index contributed by atoms with van der Waals surface area (Å²) in [7, 11) is 1.41. The molecule has 1 heterocycles. The van der Waals surface area contributed by atoms with E-state index in [1.165, 1.54) is 37.1 Å². The number of hydrogen-bond acceptors (Lipinski definition) is 7. The van der Waals surface area contributed by atoms with Crippen LogP contribution in [0.5, 0.6) is 5.75 Å². The SMILES string of the molecule is COc1ccc([N+](=O)[O-])cc1NC(=O)CC1SC(=Nc2ccccc2)N(C2CC2)C1=O. The number of nitrogens with zero attached hydrogens (tertiary/aromatic N) is 3. The molecule has 2 aromatic carbocycles. The van der Waals surface area contributed by atoms with Gasteiger partial charge in [-0.3, -0.25) is 24.6 Å². The first-order valence-corrected chi connectivity index (χ1v) is 10.6. The molecule has 160 valence electrons. The maximum absolute atomic E-state index is 13.0. The maximum Gasteiger partial charge on any atom is 0.271 e. The van der Waals surface area contributed by atoms with Crippen LogP contribution in [0.2, 0.25) is 0 Å². The van der Waals surface area contributed by atoms with Crippen molar-refractivity contribution in [2.75, 3.05) is 12.4 Å². The third kappa shape index (κ3) is 4.69. The highest BCUT2D eigenvalue weighted by atomic mass is 32.2. The number of carbonyl (C=O) groups excluding carboxylic acids is 2. The molecule has 9 nitrogen and oxygen atoms in total. The molecule has 2 aliphatic rings. The lowest BCUT2D eigenvalue weighted by atomic mass is 10.2. The summed E-state index contributed by atoms with van der Waals surface area (Å²) in [6, 6.07) is 13.4. The highest BCUT2D eigenvalue weighted by Crippen LogP contribution is 2.39. The summed E-state index contributed by atoms with van der Waals surface area (Å²) < 4.78 is 5.18. The van der Waals surface area contributed by atoms with Gasteiger partial charge in [0.25, 0.3) is 5.69 Å². The van der Waals surface area contributed by atoms with E-state index in [4.69, 9.17) is 4.74 Å². The number of benzene rings is 2. The number of methoxy groups -OCH3 is 1. The van der Waals surface area contributed by atoms with Gasteiger partial charge in [-0.05, 0) is 31.0 Å². The average Bonchev–Trinajstić information content (AvgIpc) is 3.54. The number of amidine groups is 1. The number of carbonyl (C=O) groups is 2. The summed E-state index contributed by atoms with van der Waals surface area (Å²) in [5.41, 5.74) is 0.767. The standard InChI is InChI=1S/C21H20N4O5S/c1-30-17-10-9-15(25(28)29)11-16(17)23-19(26)12-18-20(27)24(14-7-8-14)21(31-18)22-13-5-3-2-4-6-13/h2-6,9-11,14,18H,7-8,12H2,1H3,(H,23,26). The summed E-state index contributed by atoms with van der Waals surface area (Å²) in [4.78, 5) is 42.4. The molecule has 0 bridgehead atoms. The monoisotopic (exact) mass is 440 g/mol. The van der Waals surface area contributed by atoms with E-state index >= 15 is 0 Å². The summed E-state index contributed by atoms with van der Waals surface area (Å²) in [6.07, 6.45) is 1.76. The van der Waals surface area contributed by atoms with Crippen LogP contribution in [-0.4, -0.2) is 45.2 Å². The maximum atomic E-state index is 13.0. The summed E-state index contributed by atoms with van der Waals surface area (Å²) in [6.45, 7) is 0. The smallest absolute Gasteiger partial charge is 0.271 e. The molecular formula is C21H20N4O5S. The second kappa shape index (κ2) is 8.76. The number of rotatable bonds is 7. The van der Waals surface area contributed by atoms with Gasteiger partial charge < -0.3 is 10.1 Å². The predicted octanol–water partition coefficient (Wildman–Crippen LogP) is 3.73. The van der Waals surface area contributed by atoms with Crippen LogP contribution < -0.4 is 10.1 Å². The Kier molecular flexibility index (Phi) is 5.90. The van der Waals surface area contributed by atoms with Gasteiger partial charge in [-0.25, -0.2) is 4.99 Å². The van der Waals surface area contributed by atoms with Crippen molar-refractivity contribution in [3.63, 3.8) is 0 Å². The van der Waals surface area contributed by atoms with E-state index in [0.717, 1.165) is 18.5 Å². The second-order valence-electron chi connectivity index (χ2n) is 7.17. The zero-order valence-corrected chi connectivity index (χ0v) is 17.5. The van der Waals surface area contributed by atoms with Gasteiger partial charge in [0.15, 0.2) is 5.17 Å². The highest BCUT2D eigenvalue weighted by molar-refractivity contribution is 8.15. The Bertz CT molecular complexity index is 1050. The van der Waals surface area contributed by atoms with E-state index in [-0.39, 0.29) is 29.7 Å². The van der Waals surface area contributed by atoms with Gasteiger partial charge in [-0.15, -0.1) is 0 Å². The fraction of sp³-hybridized carbons (Fsp3) is 0.286. The van der Waals surface area contributed by atoms with Crippen molar-refractivity contribution in [3.05, 3.63) is 58.6 Å². The van der Waals surface area contributed by atoms with Crippen molar-refractivity contribution >= 4 is 45.8 Å². The Morgan fingerprint density at radius 1 is 1.29 bits per heavy atom. The summed E-state index contributed by atoms with van der Waals surface area (Å²) in [5.74, 6) is -0.264. The van der Waals surface area contributed by atoms with Crippen LogP contribution >= 0.6 is 11.8 Å². The number of nitro groups is 1. The average molecular weight is 440 g/mol. The molecule has 2 fully saturated rings. The Morgan fingerprint density at radius 2 is 2.03 bits per heavy atom. The molecule has 2 aromatic rings. The quantitative estimate of drug-likeness (QED) is 0.518. The van der Waals surface area contributed by atoms with Crippen LogP contribution in [0.15, 0.2) is 53.5 Å². The van der Waals surface area contributed by atoms with E-state index in [1.54, 1.807) is 4.90 Å². The first kappa shape index (κ1) is 20.9. The van der Waals surface area contributed by atoms with E-state index in [2.05, 4.69) is 10.3 Å². The minimum absolute atomic E-state index is 0.0770. The molecule has 1 aliphatic carbocycles. The molecule has 2 amide bonds. The van der Waals surface area contributed by atoms with Crippen molar-refractivity contribution in [2.45, 2.75) is 30.6 Å². The molecule has 31 heavy (non-hydrogen) atoms. The molecule has 10 heteroatoms. The van der Waals surface area contributed by atoms with Gasteiger partial charge >= 0.3 is 0 Å². The van der Waals surface area contributed by atoms with Crippen molar-refractivity contribution in [3.8, 4) is 5.75 Å². The number of hydrogen-bond donors (Lipinski definition) is 1. The molecule has 0 aromatic heterocycles. The number of ether oxygens (including phenoxy) is 1. The fourth-order valence-corrected chi connectivity index (χ4v) is 4.47. The molecular weight excluding hydrogens is 420 g/mol. The van der Waals surface area contributed by atoms with E-state index in [0.29, 0.717) is 10.9 Å². The molecule has 1 unspecified atom stereocenters. The number of nitrogens with one attached hydrogen (secondary N) is 1. The molecule has 1 aliphatic heterocycles. The molecule has 0 spiro atoms. The van der Waals surface area contributed by atoms with Crippen molar-refractivity contribution < 1.29 is 19.2 Å². The van der Waals surface area contributed by atoms with E-state index in [9.17, 15) is 19.7 Å². The van der Waals surface area contributed by atoms with Crippen LogP contribution in [0.25, 0.3) is 0 Å². The number of para-hydroxylation sites is 1. The Morgan fingerprint density at radius 3 is 2.68 bits per heavy atom. The lowest BCUT2D eigenvalue weighted by Gasteiger charge is -2.15. The fourth-order valence-electron chi connectivity index (χ4n) is 3.25. The molecule has 1 saturated heterocycles. The Hall–Kier alpha value is -3.40. The first-order valence-electron chi connectivity index (χ1n) is 9.72. The summed E-state index contributed by atoms with van der Waals surface area (Å²) in [5, 5.41) is 13.7. The number of non-ortho nitro benzene ring substituents is 1. The van der Waals surface area contributed by atoms with Crippen LogP contribution in [0, 0.1) is 10.1 Å². The van der Waals surface area contributed by atoms with Crippen LogP contribution in [0.1, 0.15) is 19.3 Å². The van der Waals surface area contributed by atoms with Gasteiger partial charge in [-0.2, -0.15) is 0 Å².